The van der Waals surface area contributed by atoms with E-state index in [2.05, 4.69) is 60.7 Å². The number of nitrogens with zero attached hydrogens (tertiary/aromatic N) is 3. The molecular formula is C35H22BN3O. The number of hydrogen-bond acceptors (Lipinski definition) is 4. The van der Waals surface area contributed by atoms with Gasteiger partial charge in [-0.15, -0.1) is 0 Å². The van der Waals surface area contributed by atoms with Crippen molar-refractivity contribution in [3.63, 3.8) is 0 Å². The fraction of sp³-hybridized carbons (Fsp3) is 0. The van der Waals surface area contributed by atoms with Crippen LogP contribution in [-0.4, -0.2) is 21.7 Å². The molecule has 0 saturated heterocycles. The molecule has 0 amide bonds. The Balaban J connectivity index is 1.45. The molecule has 2 aromatic heterocycles. The number of benzene rings is 5. The summed E-state index contributed by atoms with van der Waals surface area (Å²) in [7, 11) is 0. The molecule has 1 aliphatic rings. The summed E-state index contributed by atoms with van der Waals surface area (Å²) in [6.45, 7) is -0.221. The molecule has 0 unspecified atom stereocenters. The molecule has 0 aliphatic carbocycles. The lowest BCUT2D eigenvalue weighted by Crippen LogP contribution is -2.55. The maximum absolute atomic E-state index is 6.57. The smallest absolute Gasteiger partial charge is 0.291 e. The average Bonchev–Trinajstić information content (AvgIpc) is 3.36. The zero-order valence-corrected chi connectivity index (χ0v) is 21.5. The third kappa shape index (κ3) is 3.59. The number of para-hydroxylation sites is 1. The summed E-state index contributed by atoms with van der Waals surface area (Å²) in [5, 5.41) is 1.10. The molecule has 8 rings (SSSR count). The van der Waals surface area contributed by atoms with Gasteiger partial charge in [-0.25, -0.2) is 15.0 Å². The fourth-order valence-electron chi connectivity index (χ4n) is 5.83. The van der Waals surface area contributed by atoms with Crippen LogP contribution in [0.3, 0.4) is 0 Å². The first-order valence-corrected chi connectivity index (χ1v) is 13.4. The van der Waals surface area contributed by atoms with E-state index in [4.69, 9.17) is 19.4 Å². The number of aromatic nitrogens is 3. The SMILES string of the molecule is c1ccc(-c2nc(B3c4ccccc4-c4oc5ccccc5c4-c4ccccc43)nc(-c3ccccc3)n2)cc1. The molecule has 186 valence electrons. The molecule has 0 saturated carbocycles. The predicted molar refractivity (Wildman–Crippen MR) is 162 cm³/mol. The van der Waals surface area contributed by atoms with Gasteiger partial charge >= 0.3 is 0 Å². The summed E-state index contributed by atoms with van der Waals surface area (Å²) in [5.74, 6) is 2.20. The van der Waals surface area contributed by atoms with Crippen LogP contribution >= 0.6 is 0 Å². The van der Waals surface area contributed by atoms with Gasteiger partial charge in [-0.1, -0.05) is 138 Å². The Hall–Kier alpha value is -5.29. The molecule has 40 heavy (non-hydrogen) atoms. The van der Waals surface area contributed by atoms with E-state index >= 15 is 0 Å². The monoisotopic (exact) mass is 511 g/mol. The normalized spacial score (nSPS) is 11.9. The Morgan fingerprint density at radius 2 is 1.00 bits per heavy atom. The molecule has 3 heterocycles. The molecule has 0 radical (unpaired) electrons. The molecule has 0 spiro atoms. The fourth-order valence-corrected chi connectivity index (χ4v) is 5.83. The van der Waals surface area contributed by atoms with E-state index in [0.717, 1.165) is 55.5 Å². The van der Waals surface area contributed by atoms with Crippen LogP contribution < -0.4 is 16.6 Å². The standard InChI is InChI=1S/C35H22BN3O/c1-3-13-23(14-4-1)33-37-34(24-15-5-2-6-16-24)39-35(38-33)36-28-20-10-7-17-25(28)31-27-19-9-12-22-30(27)40-32(31)26-18-8-11-21-29(26)36/h1-22H. The largest absolute Gasteiger partial charge is 0.455 e. The summed E-state index contributed by atoms with van der Waals surface area (Å²) in [6, 6.07) is 45.6. The van der Waals surface area contributed by atoms with Crippen LogP contribution in [0.4, 0.5) is 0 Å². The lowest BCUT2D eigenvalue weighted by molar-refractivity contribution is 0.633. The number of rotatable bonds is 3. The lowest BCUT2D eigenvalue weighted by Gasteiger charge is -2.18. The summed E-state index contributed by atoms with van der Waals surface area (Å²) in [4.78, 5) is 15.2. The van der Waals surface area contributed by atoms with Gasteiger partial charge in [-0.05, 0) is 11.6 Å². The summed E-state index contributed by atoms with van der Waals surface area (Å²) in [5.41, 5.74) is 9.05. The van der Waals surface area contributed by atoms with Gasteiger partial charge in [-0.3, -0.25) is 0 Å². The van der Waals surface area contributed by atoms with Crippen molar-refractivity contribution in [1.82, 2.24) is 15.0 Å². The average molecular weight is 511 g/mol. The number of hydrogen-bond donors (Lipinski definition) is 0. The molecule has 0 N–H and O–H groups in total. The van der Waals surface area contributed by atoms with Gasteiger partial charge in [0.15, 0.2) is 11.6 Å². The zero-order chi connectivity index (χ0) is 26.5. The van der Waals surface area contributed by atoms with E-state index in [9.17, 15) is 0 Å². The van der Waals surface area contributed by atoms with Crippen molar-refractivity contribution >= 4 is 34.3 Å². The molecule has 5 heteroatoms. The van der Waals surface area contributed by atoms with Crippen molar-refractivity contribution in [1.29, 1.82) is 0 Å². The molecule has 0 atom stereocenters. The first-order chi connectivity index (χ1) is 19.8. The Labute approximate surface area is 232 Å². The minimum atomic E-state index is -0.221. The summed E-state index contributed by atoms with van der Waals surface area (Å²) >= 11 is 0. The van der Waals surface area contributed by atoms with E-state index in [-0.39, 0.29) is 6.71 Å². The van der Waals surface area contributed by atoms with Gasteiger partial charge in [-0.2, -0.15) is 0 Å². The van der Waals surface area contributed by atoms with E-state index in [0.29, 0.717) is 17.4 Å². The summed E-state index contributed by atoms with van der Waals surface area (Å²) in [6.07, 6.45) is 0. The van der Waals surface area contributed by atoms with Gasteiger partial charge in [0.05, 0.1) is 0 Å². The van der Waals surface area contributed by atoms with Crippen molar-refractivity contribution in [2.75, 3.05) is 0 Å². The van der Waals surface area contributed by atoms with Crippen LogP contribution in [0.2, 0.25) is 0 Å². The van der Waals surface area contributed by atoms with Gasteiger partial charge in [0.25, 0.3) is 6.71 Å². The maximum Gasteiger partial charge on any atom is 0.291 e. The van der Waals surface area contributed by atoms with E-state index < -0.39 is 0 Å². The van der Waals surface area contributed by atoms with Gasteiger partial charge in [0, 0.05) is 27.6 Å². The highest BCUT2D eigenvalue weighted by Crippen LogP contribution is 2.41. The Morgan fingerprint density at radius 3 is 1.68 bits per heavy atom. The van der Waals surface area contributed by atoms with Gasteiger partial charge in [0.2, 0.25) is 0 Å². The van der Waals surface area contributed by atoms with Gasteiger partial charge in [0.1, 0.15) is 17.1 Å². The van der Waals surface area contributed by atoms with Crippen molar-refractivity contribution in [2.24, 2.45) is 0 Å². The highest BCUT2D eigenvalue weighted by Gasteiger charge is 2.36. The minimum Gasteiger partial charge on any atom is -0.455 e. The second kappa shape index (κ2) is 9.17. The van der Waals surface area contributed by atoms with Crippen LogP contribution in [0.15, 0.2) is 138 Å². The van der Waals surface area contributed by atoms with Crippen molar-refractivity contribution in [3.8, 4) is 45.2 Å². The highest BCUT2D eigenvalue weighted by molar-refractivity contribution is 6.96. The second-order valence-corrected chi connectivity index (χ2v) is 9.98. The van der Waals surface area contributed by atoms with Crippen LogP contribution in [0.1, 0.15) is 0 Å². The van der Waals surface area contributed by atoms with Crippen LogP contribution in [0.5, 0.6) is 0 Å². The molecule has 7 aromatic rings. The molecular weight excluding hydrogens is 489 g/mol. The zero-order valence-electron chi connectivity index (χ0n) is 21.5. The van der Waals surface area contributed by atoms with E-state index in [1.54, 1.807) is 0 Å². The van der Waals surface area contributed by atoms with E-state index in [1.807, 2.05) is 72.8 Å². The highest BCUT2D eigenvalue weighted by atomic mass is 16.3. The van der Waals surface area contributed by atoms with Gasteiger partial charge < -0.3 is 4.42 Å². The molecule has 0 fully saturated rings. The van der Waals surface area contributed by atoms with Crippen molar-refractivity contribution < 1.29 is 4.42 Å². The Morgan fingerprint density at radius 1 is 0.475 bits per heavy atom. The quantitative estimate of drug-likeness (QED) is 0.269. The summed E-state index contributed by atoms with van der Waals surface area (Å²) < 4.78 is 6.57. The first kappa shape index (κ1) is 22.7. The third-order valence-corrected chi connectivity index (χ3v) is 7.63. The van der Waals surface area contributed by atoms with E-state index in [1.165, 1.54) is 0 Å². The Bertz CT molecular complexity index is 1960. The Kier molecular flexibility index (Phi) is 5.20. The molecule has 4 nitrogen and oxygen atoms in total. The maximum atomic E-state index is 6.57. The first-order valence-electron chi connectivity index (χ1n) is 13.4. The lowest BCUT2D eigenvalue weighted by atomic mass is 9.38. The number of furan rings is 1. The van der Waals surface area contributed by atoms with Crippen molar-refractivity contribution in [3.05, 3.63) is 133 Å². The predicted octanol–water partition coefficient (Wildman–Crippen LogP) is 6.12. The minimum absolute atomic E-state index is 0.221. The van der Waals surface area contributed by atoms with Crippen molar-refractivity contribution in [2.45, 2.75) is 0 Å². The van der Waals surface area contributed by atoms with Crippen LogP contribution in [0.25, 0.3) is 56.2 Å². The third-order valence-electron chi connectivity index (χ3n) is 7.63. The number of fused-ring (bicyclic) bond motifs is 7. The van der Waals surface area contributed by atoms with Crippen LogP contribution in [-0.2, 0) is 0 Å². The van der Waals surface area contributed by atoms with Crippen LogP contribution in [0, 0.1) is 0 Å². The molecule has 1 aliphatic heterocycles. The topological polar surface area (TPSA) is 51.8 Å². The molecule has 0 bridgehead atoms. The molecule has 5 aromatic carbocycles. The second-order valence-electron chi connectivity index (χ2n) is 9.98.